The lowest BCUT2D eigenvalue weighted by molar-refractivity contribution is -0.257. The van der Waals surface area contributed by atoms with Crippen LogP contribution in [-0.2, 0) is 4.74 Å². The van der Waals surface area contributed by atoms with Gasteiger partial charge in [0.05, 0.1) is 29.5 Å². The molecule has 1 heterocycles. The summed E-state index contributed by atoms with van der Waals surface area (Å²) in [6.45, 7) is 18.1. The minimum absolute atomic E-state index is 0.0704. The number of aliphatic hydroxyl groups is 3. The van der Waals surface area contributed by atoms with Gasteiger partial charge in [0.2, 0.25) is 0 Å². The number of aliphatic hydroxyl groups excluding tert-OH is 2. The van der Waals surface area contributed by atoms with Crippen molar-refractivity contribution in [3.8, 4) is 0 Å². The van der Waals surface area contributed by atoms with Crippen LogP contribution in [-0.4, -0.2) is 44.8 Å². The highest BCUT2D eigenvalue weighted by Crippen LogP contribution is 2.76. The third-order valence-corrected chi connectivity index (χ3v) is 13.2. The van der Waals surface area contributed by atoms with Crippen molar-refractivity contribution in [1.82, 2.24) is 0 Å². The van der Waals surface area contributed by atoms with Crippen LogP contribution in [0.15, 0.2) is 0 Å². The number of hydrogen-bond acceptors (Lipinski definition) is 4. The van der Waals surface area contributed by atoms with Gasteiger partial charge in [-0.05, 0) is 124 Å². The van der Waals surface area contributed by atoms with Crippen LogP contribution in [0.3, 0.4) is 0 Å². The van der Waals surface area contributed by atoms with Gasteiger partial charge in [0.25, 0.3) is 0 Å². The first-order chi connectivity index (χ1) is 15.5. The van der Waals surface area contributed by atoms with Crippen LogP contribution >= 0.6 is 0 Å². The summed E-state index contributed by atoms with van der Waals surface area (Å²) in [6.07, 6.45) is 8.71. The van der Waals surface area contributed by atoms with Crippen molar-refractivity contribution in [2.45, 2.75) is 143 Å². The van der Waals surface area contributed by atoms with Crippen LogP contribution in [0.4, 0.5) is 0 Å². The molecule has 0 aromatic carbocycles. The molecule has 196 valence electrons. The van der Waals surface area contributed by atoms with E-state index in [-0.39, 0.29) is 51.5 Å². The highest BCUT2D eigenvalue weighted by molar-refractivity contribution is 5.20. The lowest BCUT2D eigenvalue weighted by atomic mass is 9.35. The molecule has 34 heavy (non-hydrogen) atoms. The van der Waals surface area contributed by atoms with Crippen molar-refractivity contribution < 1.29 is 20.1 Å². The third kappa shape index (κ3) is 3.16. The molecule has 0 amide bonds. The Labute approximate surface area is 208 Å². The van der Waals surface area contributed by atoms with Gasteiger partial charge >= 0.3 is 0 Å². The predicted molar refractivity (Wildman–Crippen MR) is 135 cm³/mol. The maximum atomic E-state index is 12.0. The van der Waals surface area contributed by atoms with E-state index in [1.54, 1.807) is 0 Å². The van der Waals surface area contributed by atoms with Crippen molar-refractivity contribution in [2.24, 2.45) is 45.3 Å². The van der Waals surface area contributed by atoms with E-state index in [1.807, 2.05) is 13.8 Å². The molecule has 0 spiro atoms. The Kier molecular flexibility index (Phi) is 5.59. The molecule has 1 saturated heterocycles. The van der Waals surface area contributed by atoms with E-state index in [0.29, 0.717) is 17.8 Å². The van der Waals surface area contributed by atoms with Gasteiger partial charge in [-0.1, -0.05) is 34.6 Å². The van der Waals surface area contributed by atoms with Gasteiger partial charge in [0.1, 0.15) is 0 Å². The molecule has 0 radical (unpaired) electrons. The maximum absolute atomic E-state index is 12.0. The second kappa shape index (κ2) is 7.45. The Morgan fingerprint density at radius 1 is 0.765 bits per heavy atom. The molecule has 4 aliphatic carbocycles. The van der Waals surface area contributed by atoms with E-state index in [9.17, 15) is 15.3 Å². The zero-order chi connectivity index (χ0) is 25.1. The quantitative estimate of drug-likeness (QED) is 0.477. The molecular weight excluding hydrogens is 424 g/mol. The maximum Gasteiger partial charge on any atom is 0.0865 e. The SMILES string of the molecule is CC(C)(O)[C@@H]1CC[C@](C)([C@H]2CC[C@]3(C)[C@@H]2C[C@@H](O)[C@H]2[C@@]4(C)CC[C@H](O)C(C)(C)[C@@H]4CC[C@]23C)O1. The average Bonchev–Trinajstić information content (AvgIpc) is 3.27. The van der Waals surface area contributed by atoms with Crippen molar-refractivity contribution >= 4 is 0 Å². The van der Waals surface area contributed by atoms with Crippen LogP contribution in [0.25, 0.3) is 0 Å². The normalized spacial score (nSPS) is 57.1. The van der Waals surface area contributed by atoms with Crippen LogP contribution < -0.4 is 0 Å². The summed E-state index contributed by atoms with van der Waals surface area (Å²) in [6, 6.07) is 0. The van der Waals surface area contributed by atoms with Crippen molar-refractivity contribution in [3.05, 3.63) is 0 Å². The van der Waals surface area contributed by atoms with Gasteiger partial charge < -0.3 is 20.1 Å². The second-order valence-electron chi connectivity index (χ2n) is 15.5. The lowest BCUT2D eigenvalue weighted by Gasteiger charge is -2.70. The fourth-order valence-electron chi connectivity index (χ4n) is 11.2. The van der Waals surface area contributed by atoms with Crippen molar-refractivity contribution in [3.63, 3.8) is 0 Å². The summed E-state index contributed by atoms with van der Waals surface area (Å²) in [5.74, 6) is 1.63. The van der Waals surface area contributed by atoms with Crippen LogP contribution in [0.5, 0.6) is 0 Å². The van der Waals surface area contributed by atoms with Crippen LogP contribution in [0.2, 0.25) is 0 Å². The van der Waals surface area contributed by atoms with Crippen molar-refractivity contribution in [2.75, 3.05) is 0 Å². The second-order valence-corrected chi connectivity index (χ2v) is 15.5. The first-order valence-electron chi connectivity index (χ1n) is 14.3. The molecule has 5 aliphatic rings. The zero-order valence-electron chi connectivity index (χ0n) is 23.2. The van der Waals surface area contributed by atoms with Gasteiger partial charge in [-0.25, -0.2) is 0 Å². The summed E-state index contributed by atoms with van der Waals surface area (Å²) in [4.78, 5) is 0. The molecule has 4 heteroatoms. The molecule has 1 aliphatic heterocycles. The number of rotatable bonds is 2. The fraction of sp³-hybridized carbons (Fsp3) is 1.00. The van der Waals surface area contributed by atoms with E-state index in [4.69, 9.17) is 4.74 Å². The molecular formula is C30H52O4. The standard InChI is InChI=1S/C30H52O4/c1-25(2)21-10-15-29(7)24(27(21,5)13-11-22(25)32)20(31)17-19-18(9-14-28(19,29)6)30(8)16-12-23(34-30)26(3,4)33/h18-24,31-33H,9-17H2,1-8H3/t18-,19+,20+,21-,22-,23-,24-,27-,28+,29+,30+/m0/s1. The average molecular weight is 477 g/mol. The number of ether oxygens (including phenoxy) is 1. The molecule has 0 aromatic heterocycles. The molecule has 0 aromatic rings. The van der Waals surface area contributed by atoms with E-state index in [2.05, 4.69) is 41.5 Å². The summed E-state index contributed by atoms with van der Waals surface area (Å²) in [7, 11) is 0. The molecule has 0 bridgehead atoms. The third-order valence-electron chi connectivity index (χ3n) is 13.2. The molecule has 5 fully saturated rings. The van der Waals surface area contributed by atoms with E-state index >= 15 is 0 Å². The zero-order valence-corrected chi connectivity index (χ0v) is 23.2. The summed E-state index contributed by atoms with van der Waals surface area (Å²) >= 11 is 0. The predicted octanol–water partition coefficient (Wildman–Crippen LogP) is 5.71. The molecule has 0 unspecified atom stereocenters. The highest BCUT2D eigenvalue weighted by Gasteiger charge is 2.72. The highest BCUT2D eigenvalue weighted by atomic mass is 16.5. The van der Waals surface area contributed by atoms with Gasteiger partial charge in [-0.3, -0.25) is 0 Å². The van der Waals surface area contributed by atoms with E-state index in [1.165, 1.54) is 6.42 Å². The molecule has 3 N–H and O–H groups in total. The Hall–Kier alpha value is -0.160. The molecule has 4 nitrogen and oxygen atoms in total. The molecule has 4 saturated carbocycles. The first kappa shape index (κ1) is 25.5. The number of hydrogen-bond donors (Lipinski definition) is 3. The van der Waals surface area contributed by atoms with Gasteiger partial charge in [-0.2, -0.15) is 0 Å². The smallest absolute Gasteiger partial charge is 0.0865 e. The topological polar surface area (TPSA) is 69.9 Å². The summed E-state index contributed by atoms with van der Waals surface area (Å²) in [5, 5.41) is 33.5. The minimum Gasteiger partial charge on any atom is -0.393 e. The Morgan fingerprint density at radius 3 is 2.03 bits per heavy atom. The Bertz CT molecular complexity index is 817. The monoisotopic (exact) mass is 476 g/mol. The van der Waals surface area contributed by atoms with Crippen LogP contribution in [0, 0.1) is 45.3 Å². The largest absolute Gasteiger partial charge is 0.393 e. The van der Waals surface area contributed by atoms with Gasteiger partial charge in [0.15, 0.2) is 0 Å². The van der Waals surface area contributed by atoms with E-state index < -0.39 is 5.60 Å². The fourth-order valence-corrected chi connectivity index (χ4v) is 11.2. The van der Waals surface area contributed by atoms with Gasteiger partial charge in [-0.15, -0.1) is 0 Å². The number of fused-ring (bicyclic) bond motifs is 5. The molecule has 5 rings (SSSR count). The van der Waals surface area contributed by atoms with Crippen LogP contribution in [0.1, 0.15) is 113 Å². The Balaban J connectivity index is 1.48. The summed E-state index contributed by atoms with van der Waals surface area (Å²) < 4.78 is 6.68. The van der Waals surface area contributed by atoms with Crippen molar-refractivity contribution in [1.29, 1.82) is 0 Å². The first-order valence-corrected chi connectivity index (χ1v) is 14.3. The minimum atomic E-state index is -0.811. The molecule has 11 atom stereocenters. The van der Waals surface area contributed by atoms with Gasteiger partial charge in [0, 0.05) is 0 Å². The lowest BCUT2D eigenvalue weighted by Crippen LogP contribution is -2.67. The summed E-state index contributed by atoms with van der Waals surface area (Å²) in [5.41, 5.74) is -0.766. The van der Waals surface area contributed by atoms with E-state index in [0.717, 1.165) is 51.4 Å². The Morgan fingerprint density at radius 2 is 1.41 bits per heavy atom.